The van der Waals surface area contributed by atoms with Crippen molar-refractivity contribution in [1.29, 1.82) is 0 Å². The third-order valence-corrected chi connectivity index (χ3v) is 4.72. The Kier molecular flexibility index (Phi) is 4.19. The zero-order valence-corrected chi connectivity index (χ0v) is 14.6. The maximum absolute atomic E-state index is 10.6. The molecule has 3 aromatic heterocycles. The molecular weight excluding hydrogens is 318 g/mol. The highest BCUT2D eigenvalue weighted by molar-refractivity contribution is 5.20. The van der Waals surface area contributed by atoms with Crippen molar-refractivity contribution in [2.24, 2.45) is 7.05 Å². The molecule has 4 heterocycles. The number of aryl methyl sites for hydroxylation is 2. The molecule has 7 nitrogen and oxygen atoms in total. The van der Waals surface area contributed by atoms with Crippen LogP contribution in [0.25, 0.3) is 0 Å². The van der Waals surface area contributed by atoms with Crippen LogP contribution in [0.4, 0.5) is 0 Å². The van der Waals surface area contributed by atoms with E-state index in [-0.39, 0.29) is 0 Å². The van der Waals surface area contributed by atoms with Crippen molar-refractivity contribution in [3.05, 3.63) is 59.3 Å². The lowest BCUT2D eigenvalue weighted by Crippen LogP contribution is -2.33. The van der Waals surface area contributed by atoms with Crippen LogP contribution < -0.4 is 0 Å². The van der Waals surface area contributed by atoms with Crippen molar-refractivity contribution >= 4 is 0 Å². The maximum atomic E-state index is 10.6. The van der Waals surface area contributed by atoms with Gasteiger partial charge in [-0.1, -0.05) is 6.92 Å². The predicted octanol–water partition coefficient (Wildman–Crippen LogP) is 1.87. The topological polar surface area (TPSA) is 72.2 Å². The van der Waals surface area contributed by atoms with E-state index >= 15 is 0 Å². The van der Waals surface area contributed by atoms with Crippen LogP contribution in [-0.2, 0) is 33.1 Å². The summed E-state index contributed by atoms with van der Waals surface area (Å²) >= 11 is 0. The number of hydrogen-bond acceptors (Lipinski definition) is 5. The van der Waals surface area contributed by atoms with Crippen LogP contribution in [0.2, 0.25) is 0 Å². The molecule has 0 spiro atoms. The second-order valence-corrected chi connectivity index (χ2v) is 6.51. The van der Waals surface area contributed by atoms with E-state index in [4.69, 9.17) is 4.42 Å². The first-order valence-corrected chi connectivity index (χ1v) is 8.66. The Labute approximate surface area is 146 Å². The van der Waals surface area contributed by atoms with E-state index in [1.807, 2.05) is 34.6 Å². The molecule has 1 aliphatic heterocycles. The molecule has 0 saturated heterocycles. The second-order valence-electron chi connectivity index (χ2n) is 6.51. The fourth-order valence-electron chi connectivity index (χ4n) is 3.30. The van der Waals surface area contributed by atoms with Gasteiger partial charge in [-0.15, -0.1) is 0 Å². The first-order valence-electron chi connectivity index (χ1n) is 8.66. The van der Waals surface area contributed by atoms with Crippen molar-refractivity contribution in [1.82, 2.24) is 24.2 Å². The molecule has 1 aliphatic rings. The molecule has 0 radical (unpaired) electrons. The summed E-state index contributed by atoms with van der Waals surface area (Å²) in [7, 11) is 1.87. The fraction of sp³-hybridized carbons (Fsp3) is 0.444. The highest BCUT2D eigenvalue weighted by Crippen LogP contribution is 2.23. The molecule has 0 bridgehead atoms. The largest absolute Gasteiger partial charge is 0.465 e. The Hall–Kier alpha value is -2.38. The summed E-state index contributed by atoms with van der Waals surface area (Å²) < 4.78 is 9.61. The van der Waals surface area contributed by atoms with Gasteiger partial charge in [0.1, 0.15) is 17.3 Å². The smallest absolute Gasteiger partial charge is 0.155 e. The average molecular weight is 341 g/mol. The van der Waals surface area contributed by atoms with Gasteiger partial charge in [0.2, 0.25) is 0 Å². The Morgan fingerprint density at radius 3 is 2.84 bits per heavy atom. The highest BCUT2D eigenvalue weighted by atomic mass is 16.3. The molecule has 3 aromatic rings. The van der Waals surface area contributed by atoms with Crippen LogP contribution in [-0.4, -0.2) is 35.9 Å². The van der Waals surface area contributed by atoms with Crippen LogP contribution in [0.3, 0.4) is 0 Å². The Morgan fingerprint density at radius 1 is 1.28 bits per heavy atom. The first-order chi connectivity index (χ1) is 12.1. The molecule has 0 saturated carbocycles. The molecule has 132 valence electrons. The molecule has 0 aliphatic carbocycles. The highest BCUT2D eigenvalue weighted by Gasteiger charge is 2.24. The van der Waals surface area contributed by atoms with E-state index in [9.17, 15) is 5.11 Å². The van der Waals surface area contributed by atoms with E-state index in [2.05, 4.69) is 28.0 Å². The van der Waals surface area contributed by atoms with Crippen LogP contribution in [0.15, 0.2) is 35.0 Å². The van der Waals surface area contributed by atoms with Gasteiger partial charge in [-0.3, -0.25) is 9.58 Å². The molecule has 4 rings (SSSR count). The number of aliphatic hydroxyl groups excluding tert-OH is 1. The zero-order valence-electron chi connectivity index (χ0n) is 14.6. The molecule has 1 atom stereocenters. The molecule has 0 unspecified atom stereocenters. The van der Waals surface area contributed by atoms with Gasteiger partial charge >= 0.3 is 0 Å². The van der Waals surface area contributed by atoms with Gasteiger partial charge in [-0.2, -0.15) is 5.10 Å². The number of aliphatic hydroxyl groups is 1. The van der Waals surface area contributed by atoms with Crippen molar-refractivity contribution in [3.63, 3.8) is 0 Å². The van der Waals surface area contributed by atoms with Crippen molar-refractivity contribution in [2.45, 2.75) is 39.1 Å². The van der Waals surface area contributed by atoms with Crippen molar-refractivity contribution < 1.29 is 9.52 Å². The molecular formula is C18H23N5O2. The Balaban J connectivity index is 1.48. The van der Waals surface area contributed by atoms with Gasteiger partial charge in [-0.05, 0) is 18.2 Å². The van der Waals surface area contributed by atoms with Gasteiger partial charge < -0.3 is 14.1 Å². The monoisotopic (exact) mass is 341 g/mol. The summed E-state index contributed by atoms with van der Waals surface area (Å²) in [6.07, 6.45) is 3.62. The summed E-state index contributed by atoms with van der Waals surface area (Å²) in [5.41, 5.74) is 1.76. The summed E-state index contributed by atoms with van der Waals surface area (Å²) in [6.45, 7) is 5.40. The quantitative estimate of drug-likeness (QED) is 0.767. The lowest BCUT2D eigenvalue weighted by Gasteiger charge is -2.26. The minimum atomic E-state index is -0.802. The SMILES string of the molecule is CCc1ccc(CN2CCn3nc([C@@H](O)c4nccn4C)cc3C2)o1. The average Bonchev–Trinajstić information content (AvgIpc) is 3.33. The predicted molar refractivity (Wildman–Crippen MR) is 91.7 cm³/mol. The molecule has 0 fully saturated rings. The number of nitrogens with zero attached hydrogens (tertiary/aromatic N) is 5. The van der Waals surface area contributed by atoms with Crippen LogP contribution in [0.1, 0.15) is 41.8 Å². The standard InChI is InChI=1S/C18H23N5O2/c1-3-14-4-5-15(25-14)12-22-8-9-23-13(11-22)10-16(20-23)17(24)18-19-6-7-21(18)2/h4-7,10,17,24H,3,8-9,11-12H2,1-2H3/t17-/m1/s1. The third kappa shape index (κ3) is 3.12. The van der Waals surface area contributed by atoms with E-state index < -0.39 is 6.10 Å². The number of hydrogen-bond donors (Lipinski definition) is 1. The van der Waals surface area contributed by atoms with Gasteiger partial charge in [0.25, 0.3) is 0 Å². The van der Waals surface area contributed by atoms with Crippen molar-refractivity contribution in [3.8, 4) is 0 Å². The van der Waals surface area contributed by atoms with Crippen LogP contribution >= 0.6 is 0 Å². The number of aromatic nitrogens is 4. The van der Waals surface area contributed by atoms with Crippen LogP contribution in [0.5, 0.6) is 0 Å². The number of imidazole rings is 1. The summed E-state index contributed by atoms with van der Waals surface area (Å²) in [4.78, 5) is 6.56. The van der Waals surface area contributed by atoms with E-state index in [1.165, 1.54) is 0 Å². The van der Waals surface area contributed by atoms with Gasteiger partial charge in [0.05, 0.1) is 24.5 Å². The molecule has 0 aromatic carbocycles. The fourth-order valence-corrected chi connectivity index (χ4v) is 3.30. The lowest BCUT2D eigenvalue weighted by atomic mass is 10.2. The van der Waals surface area contributed by atoms with Crippen LogP contribution in [0, 0.1) is 0 Å². The van der Waals surface area contributed by atoms with Crippen molar-refractivity contribution in [2.75, 3.05) is 6.54 Å². The van der Waals surface area contributed by atoms with E-state index in [0.29, 0.717) is 11.5 Å². The molecule has 25 heavy (non-hydrogen) atoms. The van der Waals surface area contributed by atoms with E-state index in [0.717, 1.165) is 49.8 Å². The van der Waals surface area contributed by atoms with Gasteiger partial charge in [0, 0.05) is 39.0 Å². The Bertz CT molecular complexity index is 863. The molecule has 7 heteroatoms. The minimum absolute atomic E-state index is 0.606. The van der Waals surface area contributed by atoms with Gasteiger partial charge in [0.15, 0.2) is 6.10 Å². The summed E-state index contributed by atoms with van der Waals surface area (Å²) in [5.74, 6) is 2.63. The number of fused-ring (bicyclic) bond motifs is 1. The number of rotatable bonds is 5. The molecule has 0 amide bonds. The van der Waals surface area contributed by atoms with Gasteiger partial charge in [-0.25, -0.2) is 4.98 Å². The summed E-state index contributed by atoms with van der Waals surface area (Å²) in [5, 5.41) is 15.1. The Morgan fingerprint density at radius 2 is 2.12 bits per heavy atom. The summed E-state index contributed by atoms with van der Waals surface area (Å²) in [6, 6.07) is 6.08. The number of furan rings is 1. The molecule has 1 N–H and O–H groups in total. The minimum Gasteiger partial charge on any atom is -0.465 e. The normalized spacial score (nSPS) is 16.1. The second kappa shape index (κ2) is 6.50. The zero-order chi connectivity index (χ0) is 17.4. The maximum Gasteiger partial charge on any atom is 0.155 e. The lowest BCUT2D eigenvalue weighted by molar-refractivity contribution is 0.186. The van der Waals surface area contributed by atoms with E-state index in [1.54, 1.807) is 6.20 Å². The third-order valence-electron chi connectivity index (χ3n) is 4.72. The first kappa shape index (κ1) is 16.1.